The van der Waals surface area contributed by atoms with Crippen LogP contribution in [0, 0.1) is 5.92 Å². The molecule has 4 aliphatic rings. The predicted molar refractivity (Wildman–Crippen MR) is 150 cm³/mol. The third-order valence-electron chi connectivity index (χ3n) is 8.74. The van der Waals surface area contributed by atoms with E-state index in [0.29, 0.717) is 29.3 Å². The average Bonchev–Trinajstić information content (AvgIpc) is 3.69. The van der Waals surface area contributed by atoms with Gasteiger partial charge in [-0.1, -0.05) is 25.0 Å². The van der Waals surface area contributed by atoms with Gasteiger partial charge in [0.05, 0.1) is 19.1 Å². The van der Waals surface area contributed by atoms with Crippen LogP contribution < -0.4 is 21.6 Å². The van der Waals surface area contributed by atoms with E-state index in [4.69, 9.17) is 9.31 Å². The number of benzene rings is 2. The molecule has 2 aromatic rings. The molecule has 42 heavy (non-hydrogen) atoms. The molecule has 218 valence electrons. The first-order valence-electron chi connectivity index (χ1n) is 14.2. The highest BCUT2D eigenvalue weighted by molar-refractivity contribution is 6.62. The summed E-state index contributed by atoms with van der Waals surface area (Å²) < 4.78 is 10.4. The van der Waals surface area contributed by atoms with Gasteiger partial charge in [-0.15, -0.1) is 0 Å². The first-order chi connectivity index (χ1) is 20.2. The van der Waals surface area contributed by atoms with Crippen LogP contribution in [0.3, 0.4) is 0 Å². The summed E-state index contributed by atoms with van der Waals surface area (Å²) >= 11 is 0. The number of amides is 3. The molecule has 3 aliphatic heterocycles. The van der Waals surface area contributed by atoms with Gasteiger partial charge in [-0.3, -0.25) is 19.2 Å². The second-order valence-electron chi connectivity index (χ2n) is 11.4. The fourth-order valence-corrected chi connectivity index (χ4v) is 6.43. The second-order valence-corrected chi connectivity index (χ2v) is 11.4. The molecule has 1 saturated carbocycles. The Morgan fingerprint density at radius 3 is 2.14 bits per heavy atom. The standard InChI is InChI=1S/C28H31B2N3O9/c34-25(15-5-7-17-13-41-29(39)21(17)9-15)31-19-11-24(26(35)32-23-4-2-1-3-20(23)28(37)38)33(12-19)27(36)16-6-8-18-14-42-30(40)22(18)10-16/h5-10,19-20,23-24,39-40H,1-4,11-14H2,(H,31,34)(H,32,35)(H,37,38)/t19-,20+,23+,24+/m1/s1. The van der Waals surface area contributed by atoms with E-state index in [1.807, 2.05) is 0 Å². The van der Waals surface area contributed by atoms with Crippen LogP contribution in [-0.2, 0) is 32.1 Å². The van der Waals surface area contributed by atoms with E-state index in [1.165, 1.54) is 4.90 Å². The van der Waals surface area contributed by atoms with Gasteiger partial charge < -0.3 is 40.0 Å². The molecule has 1 aliphatic carbocycles. The van der Waals surface area contributed by atoms with Gasteiger partial charge in [0.2, 0.25) is 5.91 Å². The molecule has 12 nitrogen and oxygen atoms in total. The third-order valence-corrected chi connectivity index (χ3v) is 8.74. The number of rotatable bonds is 6. The molecular weight excluding hydrogens is 544 g/mol. The van der Waals surface area contributed by atoms with Crippen molar-refractivity contribution >= 4 is 48.9 Å². The van der Waals surface area contributed by atoms with Crippen molar-refractivity contribution < 1.29 is 43.6 Å². The number of hydrogen-bond acceptors (Lipinski definition) is 8. The topological polar surface area (TPSA) is 175 Å². The van der Waals surface area contributed by atoms with E-state index in [0.717, 1.165) is 24.0 Å². The highest BCUT2D eigenvalue weighted by Crippen LogP contribution is 2.27. The van der Waals surface area contributed by atoms with Crippen molar-refractivity contribution in [2.24, 2.45) is 5.92 Å². The van der Waals surface area contributed by atoms with Crippen LogP contribution in [-0.4, -0.2) is 82.7 Å². The number of hydrogen-bond donors (Lipinski definition) is 5. The molecule has 14 heteroatoms. The zero-order valence-electron chi connectivity index (χ0n) is 22.8. The summed E-state index contributed by atoms with van der Waals surface area (Å²) in [6, 6.07) is 7.70. The number of carboxylic acid groups (broad SMARTS) is 1. The zero-order valence-corrected chi connectivity index (χ0v) is 22.8. The average molecular weight is 575 g/mol. The molecule has 4 atom stereocenters. The Hall–Kier alpha value is -3.71. The van der Waals surface area contributed by atoms with Crippen molar-refractivity contribution in [3.8, 4) is 0 Å². The van der Waals surface area contributed by atoms with E-state index < -0.39 is 62.0 Å². The van der Waals surface area contributed by atoms with Gasteiger partial charge in [0.15, 0.2) is 0 Å². The van der Waals surface area contributed by atoms with Crippen molar-refractivity contribution in [1.82, 2.24) is 15.5 Å². The Morgan fingerprint density at radius 2 is 1.48 bits per heavy atom. The number of carbonyl (C=O) groups is 4. The van der Waals surface area contributed by atoms with E-state index in [-0.39, 0.29) is 31.7 Å². The highest BCUT2D eigenvalue weighted by atomic mass is 16.5. The van der Waals surface area contributed by atoms with Crippen molar-refractivity contribution in [2.75, 3.05) is 6.54 Å². The Kier molecular flexibility index (Phi) is 7.79. The molecule has 2 aromatic carbocycles. The minimum Gasteiger partial charge on any atom is -0.481 e. The van der Waals surface area contributed by atoms with Gasteiger partial charge in [0, 0.05) is 29.8 Å². The molecular formula is C28H31B2N3O9. The van der Waals surface area contributed by atoms with Gasteiger partial charge in [-0.25, -0.2) is 0 Å². The lowest BCUT2D eigenvalue weighted by molar-refractivity contribution is -0.144. The molecule has 0 spiro atoms. The molecule has 0 radical (unpaired) electrons. The molecule has 6 rings (SSSR count). The summed E-state index contributed by atoms with van der Waals surface area (Å²) in [7, 11) is -2.25. The quantitative estimate of drug-likeness (QED) is 0.268. The maximum atomic E-state index is 13.8. The van der Waals surface area contributed by atoms with E-state index in [2.05, 4.69) is 10.6 Å². The van der Waals surface area contributed by atoms with Gasteiger partial charge >= 0.3 is 20.2 Å². The van der Waals surface area contributed by atoms with Crippen LogP contribution in [0.1, 0.15) is 63.9 Å². The van der Waals surface area contributed by atoms with Crippen molar-refractivity contribution in [2.45, 2.75) is 63.4 Å². The predicted octanol–water partition coefficient (Wildman–Crippen LogP) is -1.11. The van der Waals surface area contributed by atoms with Crippen LogP contribution in [0.15, 0.2) is 36.4 Å². The number of likely N-dealkylation sites (tertiary alicyclic amines) is 1. The lowest BCUT2D eigenvalue weighted by atomic mass is 9.78. The summed E-state index contributed by atoms with van der Waals surface area (Å²) in [6.07, 6.45) is 2.68. The zero-order chi connectivity index (χ0) is 29.5. The third kappa shape index (κ3) is 5.42. The van der Waals surface area contributed by atoms with E-state index in [1.54, 1.807) is 36.4 Å². The Balaban J connectivity index is 1.23. The molecule has 1 saturated heterocycles. The SMILES string of the molecule is O=C(N[C@@H]1C[C@@H](C(=O)N[C@H]2CCCC[C@@H]2C(=O)O)N(C(=O)c2ccc3c(c2)B(O)OC3)C1)c1ccc2c(c1)B(O)OC2. The number of carbonyl (C=O) groups excluding carboxylic acids is 3. The number of fused-ring (bicyclic) bond motifs is 2. The fourth-order valence-electron chi connectivity index (χ4n) is 6.43. The number of nitrogens with one attached hydrogen (secondary N) is 2. The van der Waals surface area contributed by atoms with Crippen molar-refractivity contribution in [3.63, 3.8) is 0 Å². The minimum absolute atomic E-state index is 0.0441. The highest BCUT2D eigenvalue weighted by Gasteiger charge is 2.43. The Morgan fingerprint density at radius 1 is 0.857 bits per heavy atom. The van der Waals surface area contributed by atoms with Gasteiger partial charge in [-0.05, 0) is 65.6 Å². The normalized spacial score (nSPS) is 24.8. The molecule has 2 fully saturated rings. The molecule has 5 N–H and O–H groups in total. The van der Waals surface area contributed by atoms with Crippen LogP contribution >= 0.6 is 0 Å². The monoisotopic (exact) mass is 575 g/mol. The van der Waals surface area contributed by atoms with Gasteiger partial charge in [0.25, 0.3) is 11.8 Å². The Labute approximate surface area is 242 Å². The van der Waals surface area contributed by atoms with Crippen LogP contribution in [0.4, 0.5) is 0 Å². The van der Waals surface area contributed by atoms with Crippen LogP contribution in [0.25, 0.3) is 0 Å². The Bertz CT molecular complexity index is 1440. The van der Waals surface area contributed by atoms with Gasteiger partial charge in [0.1, 0.15) is 6.04 Å². The number of carboxylic acids is 1. The van der Waals surface area contributed by atoms with Crippen LogP contribution in [0.2, 0.25) is 0 Å². The second kappa shape index (κ2) is 11.5. The number of aliphatic carboxylic acids is 1. The lowest BCUT2D eigenvalue weighted by Gasteiger charge is -2.31. The van der Waals surface area contributed by atoms with E-state index in [9.17, 15) is 34.3 Å². The maximum Gasteiger partial charge on any atom is 0.491 e. The smallest absolute Gasteiger partial charge is 0.481 e. The summed E-state index contributed by atoms with van der Waals surface area (Å²) in [5.74, 6) is -3.02. The van der Waals surface area contributed by atoms with Gasteiger partial charge in [-0.2, -0.15) is 0 Å². The van der Waals surface area contributed by atoms with Crippen molar-refractivity contribution in [3.05, 3.63) is 58.7 Å². The maximum absolute atomic E-state index is 13.8. The number of nitrogens with zero attached hydrogens (tertiary/aromatic N) is 1. The molecule has 0 unspecified atom stereocenters. The van der Waals surface area contributed by atoms with Crippen LogP contribution in [0.5, 0.6) is 0 Å². The van der Waals surface area contributed by atoms with E-state index >= 15 is 0 Å². The van der Waals surface area contributed by atoms with Crippen molar-refractivity contribution in [1.29, 1.82) is 0 Å². The fraction of sp³-hybridized carbons (Fsp3) is 0.429. The first-order valence-corrected chi connectivity index (χ1v) is 14.2. The molecule has 0 bridgehead atoms. The summed E-state index contributed by atoms with van der Waals surface area (Å²) in [6.45, 7) is 0.527. The molecule has 3 heterocycles. The largest absolute Gasteiger partial charge is 0.491 e. The molecule has 3 amide bonds. The molecule has 0 aromatic heterocycles. The minimum atomic E-state index is -1.15. The lowest BCUT2D eigenvalue weighted by Crippen LogP contribution is -2.52. The summed E-state index contributed by atoms with van der Waals surface area (Å²) in [5.41, 5.74) is 3.13. The summed E-state index contributed by atoms with van der Waals surface area (Å²) in [5, 5.41) is 35.7. The summed E-state index contributed by atoms with van der Waals surface area (Å²) in [4.78, 5) is 53.8. The first kappa shape index (κ1) is 28.4.